The summed E-state index contributed by atoms with van der Waals surface area (Å²) in [7, 11) is 3.48. The number of anilines is 2. The number of nitrogens with one attached hydrogen (secondary N) is 1. The maximum Gasteiger partial charge on any atom is 0.254 e. The van der Waals surface area contributed by atoms with E-state index < -0.39 is 10.9 Å². The summed E-state index contributed by atoms with van der Waals surface area (Å²) < 4.78 is 2.78. The summed E-state index contributed by atoms with van der Waals surface area (Å²) in [6, 6.07) is 0. The van der Waals surface area contributed by atoms with Crippen LogP contribution in [0.1, 0.15) is 0 Å². The minimum Gasteiger partial charge on any atom is -0.373 e. The van der Waals surface area contributed by atoms with Gasteiger partial charge in [-0.3, -0.25) is 9.59 Å². The van der Waals surface area contributed by atoms with Crippen LogP contribution < -0.4 is 20.5 Å². The van der Waals surface area contributed by atoms with Crippen molar-refractivity contribution in [2.24, 2.45) is 0 Å². The van der Waals surface area contributed by atoms with E-state index in [0.29, 0.717) is 11.4 Å². The molecule has 0 atom stereocenters. The molecule has 1 N–H and O–H groups in total. The second-order valence-corrected chi connectivity index (χ2v) is 3.19. The molecule has 5 heteroatoms. The molecule has 0 aliphatic carbocycles. The van der Waals surface area contributed by atoms with E-state index in [4.69, 9.17) is 0 Å². The fourth-order valence-corrected chi connectivity index (χ4v) is 1.40. The molecule has 1 aromatic carbocycles. The number of nitrogens with zero attached hydrogens (tertiary/aromatic N) is 1. The van der Waals surface area contributed by atoms with Gasteiger partial charge in [-0.2, -0.15) is 0 Å². The van der Waals surface area contributed by atoms with Gasteiger partial charge in [0.15, 0.2) is 0 Å². The molecule has 0 radical (unpaired) electrons. The van der Waals surface area contributed by atoms with Crippen LogP contribution in [-0.4, -0.2) is 20.4 Å². The maximum absolute atomic E-state index is 11.0. The van der Waals surface area contributed by atoms with Crippen molar-refractivity contribution in [3.8, 4) is 0 Å². The molecule has 0 heterocycles. The Labute approximate surface area is 74.4 Å². The summed E-state index contributed by atoms with van der Waals surface area (Å²) in [6.45, 7) is 0. The standard InChI is InChI=1S/C7H10N2O2S/c1-9(2)5-4(8-12-3)6(10)7(5)11/h8H,1-3H3. The Balaban J connectivity index is 3.05. The molecule has 1 rings (SSSR count). The first kappa shape index (κ1) is 9.12. The summed E-state index contributed by atoms with van der Waals surface area (Å²) in [5.74, 6) is 0. The minimum absolute atomic E-state index is 0.406. The van der Waals surface area contributed by atoms with Gasteiger partial charge in [0.1, 0.15) is 11.4 Å². The lowest BCUT2D eigenvalue weighted by molar-refractivity contribution is 1.10. The van der Waals surface area contributed by atoms with Crippen molar-refractivity contribution >= 4 is 23.3 Å². The van der Waals surface area contributed by atoms with Gasteiger partial charge in [-0.25, -0.2) is 0 Å². The highest BCUT2D eigenvalue weighted by atomic mass is 32.2. The monoisotopic (exact) mass is 186 g/mol. The number of hydrogen-bond donors (Lipinski definition) is 1. The summed E-state index contributed by atoms with van der Waals surface area (Å²) in [6.07, 6.45) is 1.80. The Morgan fingerprint density at radius 3 is 2.25 bits per heavy atom. The van der Waals surface area contributed by atoms with E-state index in [-0.39, 0.29) is 0 Å². The van der Waals surface area contributed by atoms with Crippen LogP contribution in [0.4, 0.5) is 11.4 Å². The van der Waals surface area contributed by atoms with E-state index in [0.717, 1.165) is 0 Å². The van der Waals surface area contributed by atoms with Gasteiger partial charge >= 0.3 is 0 Å². The molecule has 0 spiro atoms. The molecule has 1 aromatic rings. The topological polar surface area (TPSA) is 49.4 Å². The lowest BCUT2D eigenvalue weighted by Gasteiger charge is -2.17. The predicted octanol–water partition coefficient (Wildman–Crippen LogP) is 0.0385. The number of hydrogen-bond acceptors (Lipinski definition) is 5. The van der Waals surface area contributed by atoms with Crippen molar-refractivity contribution in [3.05, 3.63) is 20.4 Å². The molecule has 0 aliphatic rings. The molecule has 0 fully saturated rings. The molecular weight excluding hydrogens is 176 g/mol. The highest BCUT2D eigenvalue weighted by Gasteiger charge is 2.21. The van der Waals surface area contributed by atoms with Crippen LogP contribution in [0.15, 0.2) is 9.59 Å². The molecule has 0 unspecified atom stereocenters. The fraction of sp³-hybridized carbons (Fsp3) is 0.429. The quantitative estimate of drug-likeness (QED) is 0.533. The van der Waals surface area contributed by atoms with Gasteiger partial charge in [-0.05, 0) is 0 Å². The molecule has 0 bridgehead atoms. The first-order chi connectivity index (χ1) is 5.59. The van der Waals surface area contributed by atoms with E-state index in [1.165, 1.54) is 11.9 Å². The van der Waals surface area contributed by atoms with Crippen molar-refractivity contribution in [1.82, 2.24) is 0 Å². The largest absolute Gasteiger partial charge is 0.373 e. The first-order valence-electron chi connectivity index (χ1n) is 3.39. The van der Waals surface area contributed by atoms with Gasteiger partial charge in [-0.15, -0.1) is 0 Å². The summed E-state index contributed by atoms with van der Waals surface area (Å²) in [4.78, 5) is 23.6. The zero-order valence-corrected chi connectivity index (χ0v) is 7.99. The maximum atomic E-state index is 11.0. The normalized spacial score (nSPS) is 10.2. The van der Waals surface area contributed by atoms with Crippen molar-refractivity contribution in [3.63, 3.8) is 0 Å². The lowest BCUT2D eigenvalue weighted by atomic mass is 10.2. The molecule has 4 nitrogen and oxygen atoms in total. The van der Waals surface area contributed by atoms with E-state index in [9.17, 15) is 9.59 Å². The van der Waals surface area contributed by atoms with Crippen molar-refractivity contribution in [2.75, 3.05) is 30.0 Å². The van der Waals surface area contributed by atoms with E-state index in [1.807, 2.05) is 0 Å². The average Bonchev–Trinajstić information content (AvgIpc) is 2.02. The third-order valence-corrected chi connectivity index (χ3v) is 1.94. The Kier molecular flexibility index (Phi) is 2.42. The minimum atomic E-state index is -0.423. The van der Waals surface area contributed by atoms with Crippen molar-refractivity contribution in [1.29, 1.82) is 0 Å². The molecule has 66 valence electrons. The molecule has 0 amide bonds. The first-order valence-corrected chi connectivity index (χ1v) is 4.61. The Morgan fingerprint density at radius 2 is 1.83 bits per heavy atom. The Bertz CT molecular complexity index is 352. The smallest absolute Gasteiger partial charge is 0.254 e. The third kappa shape index (κ3) is 1.20. The van der Waals surface area contributed by atoms with Gasteiger partial charge in [0.05, 0.1) is 0 Å². The van der Waals surface area contributed by atoms with Crippen LogP contribution in [0, 0.1) is 0 Å². The second-order valence-electron chi connectivity index (χ2n) is 2.58. The van der Waals surface area contributed by atoms with Crippen LogP contribution in [0.3, 0.4) is 0 Å². The fourth-order valence-electron chi connectivity index (χ4n) is 1.00. The summed E-state index contributed by atoms with van der Waals surface area (Å²) in [5.41, 5.74) is 0.0523. The van der Waals surface area contributed by atoms with Crippen LogP contribution in [0.2, 0.25) is 0 Å². The van der Waals surface area contributed by atoms with Crippen molar-refractivity contribution < 1.29 is 0 Å². The Morgan fingerprint density at radius 1 is 1.25 bits per heavy atom. The van der Waals surface area contributed by atoms with E-state index in [1.54, 1.807) is 25.3 Å². The predicted molar refractivity (Wildman–Crippen MR) is 52.8 cm³/mol. The highest BCUT2D eigenvalue weighted by Crippen LogP contribution is 2.19. The summed E-state index contributed by atoms with van der Waals surface area (Å²) >= 11 is 1.30. The van der Waals surface area contributed by atoms with Crippen LogP contribution in [0.5, 0.6) is 0 Å². The second kappa shape index (κ2) is 3.18. The van der Waals surface area contributed by atoms with E-state index in [2.05, 4.69) is 4.72 Å². The van der Waals surface area contributed by atoms with Gasteiger partial charge in [0, 0.05) is 20.4 Å². The molecular formula is C7H10N2O2S. The SMILES string of the molecule is CSNc1c(N(C)C)c(=O)c1=O. The molecule has 0 saturated heterocycles. The third-order valence-electron chi connectivity index (χ3n) is 1.54. The zero-order valence-electron chi connectivity index (χ0n) is 7.17. The molecule has 0 aliphatic heterocycles. The molecule has 12 heavy (non-hydrogen) atoms. The Hall–Kier alpha value is -0.970. The zero-order chi connectivity index (χ0) is 9.30. The molecule has 0 aromatic heterocycles. The van der Waals surface area contributed by atoms with Gasteiger partial charge in [0.25, 0.3) is 10.9 Å². The summed E-state index contributed by atoms with van der Waals surface area (Å²) in [5, 5.41) is 0. The lowest BCUT2D eigenvalue weighted by Crippen LogP contribution is -2.39. The van der Waals surface area contributed by atoms with Gasteiger partial charge in [0.2, 0.25) is 0 Å². The van der Waals surface area contributed by atoms with Crippen LogP contribution in [-0.2, 0) is 0 Å². The number of rotatable bonds is 3. The average molecular weight is 186 g/mol. The van der Waals surface area contributed by atoms with Crippen LogP contribution in [0.25, 0.3) is 0 Å². The van der Waals surface area contributed by atoms with Gasteiger partial charge < -0.3 is 9.62 Å². The molecule has 0 saturated carbocycles. The highest BCUT2D eigenvalue weighted by molar-refractivity contribution is 7.99. The van der Waals surface area contributed by atoms with Crippen LogP contribution >= 0.6 is 11.9 Å². The van der Waals surface area contributed by atoms with E-state index >= 15 is 0 Å². The van der Waals surface area contributed by atoms with Gasteiger partial charge in [-0.1, -0.05) is 11.9 Å². The van der Waals surface area contributed by atoms with Crippen molar-refractivity contribution in [2.45, 2.75) is 0 Å².